The highest BCUT2D eigenvalue weighted by Crippen LogP contribution is 2.34. The molecule has 0 saturated carbocycles. The number of furan rings is 1. The molecule has 3 N–H and O–H groups in total. The van der Waals surface area contributed by atoms with Crippen LogP contribution in [0.25, 0.3) is 11.6 Å². The second-order valence-corrected chi connectivity index (χ2v) is 6.41. The molecule has 2 amide bonds. The average Bonchev–Trinajstić information content (AvgIpc) is 3.34. The molecule has 0 spiro atoms. The van der Waals surface area contributed by atoms with Crippen molar-refractivity contribution in [2.75, 3.05) is 11.9 Å². The van der Waals surface area contributed by atoms with Gasteiger partial charge in [-0.2, -0.15) is 0 Å². The third kappa shape index (κ3) is 3.45. The van der Waals surface area contributed by atoms with Crippen LogP contribution in [0, 0.1) is 0 Å². The van der Waals surface area contributed by atoms with Crippen LogP contribution in [0.2, 0.25) is 0 Å². The number of aliphatic hydroxyl groups is 1. The van der Waals surface area contributed by atoms with E-state index in [1.54, 1.807) is 36.4 Å². The molecule has 2 heterocycles. The Morgan fingerprint density at radius 1 is 1.14 bits per heavy atom. The van der Waals surface area contributed by atoms with Crippen LogP contribution in [-0.4, -0.2) is 23.5 Å². The van der Waals surface area contributed by atoms with E-state index in [0.29, 0.717) is 28.1 Å². The van der Waals surface area contributed by atoms with E-state index in [1.807, 2.05) is 30.3 Å². The summed E-state index contributed by atoms with van der Waals surface area (Å²) in [5.41, 5.74) is 2.92. The van der Waals surface area contributed by atoms with Gasteiger partial charge in [0.2, 0.25) is 0 Å². The Hall–Kier alpha value is -3.64. The Labute approximate surface area is 161 Å². The van der Waals surface area contributed by atoms with Crippen LogP contribution in [0.1, 0.15) is 33.3 Å². The maximum Gasteiger partial charge on any atom is 0.256 e. The first-order chi connectivity index (χ1) is 13.7. The molecule has 0 radical (unpaired) electrons. The fourth-order valence-electron chi connectivity index (χ4n) is 3.15. The largest absolute Gasteiger partial charge is 0.465 e. The minimum atomic E-state index is -0.514. The molecule has 0 fully saturated rings. The number of nitrogens with one attached hydrogen (secondary N) is 2. The summed E-state index contributed by atoms with van der Waals surface area (Å²) in [7, 11) is 0. The van der Waals surface area contributed by atoms with Crippen molar-refractivity contribution in [2.45, 2.75) is 6.04 Å². The Morgan fingerprint density at radius 3 is 2.68 bits per heavy atom. The highest BCUT2D eigenvalue weighted by atomic mass is 16.3. The molecule has 0 saturated heterocycles. The first kappa shape index (κ1) is 17.8. The molecular formula is C22H18N2O4. The molecule has 3 aromatic rings. The molecule has 2 aromatic carbocycles. The zero-order valence-corrected chi connectivity index (χ0v) is 14.9. The van der Waals surface area contributed by atoms with Crippen molar-refractivity contribution in [1.29, 1.82) is 0 Å². The fourth-order valence-corrected chi connectivity index (χ4v) is 3.15. The second kappa shape index (κ2) is 7.54. The molecule has 1 aromatic heterocycles. The standard InChI is InChI=1S/C22H18N2O4/c25-13-20(14-5-2-1-3-6-14)24-21(26)15-8-9-19-17(11-15)18(22(27)23-19)12-16-7-4-10-28-16/h1-12,20,25H,13H2,(H,23,27)(H,24,26)/b18-12-/t20-/m1/s1. The Balaban J connectivity index is 1.61. The summed E-state index contributed by atoms with van der Waals surface area (Å²) in [6.07, 6.45) is 3.17. The van der Waals surface area contributed by atoms with Gasteiger partial charge in [-0.25, -0.2) is 0 Å². The van der Waals surface area contributed by atoms with E-state index in [1.165, 1.54) is 6.26 Å². The van der Waals surface area contributed by atoms with Crippen LogP contribution < -0.4 is 10.6 Å². The lowest BCUT2D eigenvalue weighted by Crippen LogP contribution is -2.30. The van der Waals surface area contributed by atoms with E-state index in [4.69, 9.17) is 4.42 Å². The van der Waals surface area contributed by atoms with Gasteiger partial charge >= 0.3 is 0 Å². The lowest BCUT2D eigenvalue weighted by molar-refractivity contribution is -0.110. The molecule has 1 aliphatic heterocycles. The van der Waals surface area contributed by atoms with Gasteiger partial charge in [-0.1, -0.05) is 30.3 Å². The van der Waals surface area contributed by atoms with E-state index >= 15 is 0 Å². The molecule has 0 bridgehead atoms. The van der Waals surface area contributed by atoms with Gasteiger partial charge in [-0.3, -0.25) is 9.59 Å². The van der Waals surface area contributed by atoms with Crippen molar-refractivity contribution in [3.63, 3.8) is 0 Å². The highest BCUT2D eigenvalue weighted by Gasteiger charge is 2.26. The van der Waals surface area contributed by atoms with Crippen molar-refractivity contribution < 1.29 is 19.1 Å². The van der Waals surface area contributed by atoms with Crippen molar-refractivity contribution in [3.05, 3.63) is 89.4 Å². The van der Waals surface area contributed by atoms with E-state index in [2.05, 4.69) is 10.6 Å². The lowest BCUT2D eigenvalue weighted by Gasteiger charge is -2.17. The first-order valence-electron chi connectivity index (χ1n) is 8.83. The third-order valence-corrected chi connectivity index (χ3v) is 4.58. The molecule has 4 rings (SSSR count). The molecule has 6 heteroatoms. The minimum Gasteiger partial charge on any atom is -0.465 e. The normalized spacial score (nSPS) is 15.2. The highest BCUT2D eigenvalue weighted by molar-refractivity contribution is 6.35. The summed E-state index contributed by atoms with van der Waals surface area (Å²) >= 11 is 0. The number of carbonyl (C=O) groups is 2. The van der Waals surface area contributed by atoms with Crippen LogP contribution in [0.4, 0.5) is 5.69 Å². The van der Waals surface area contributed by atoms with Gasteiger partial charge in [0.05, 0.1) is 24.5 Å². The summed E-state index contributed by atoms with van der Waals surface area (Å²) in [5, 5.41) is 15.3. The molecule has 0 unspecified atom stereocenters. The lowest BCUT2D eigenvalue weighted by atomic mass is 10.0. The maximum atomic E-state index is 12.7. The van der Waals surface area contributed by atoms with Gasteiger partial charge in [-0.15, -0.1) is 0 Å². The van der Waals surface area contributed by atoms with Crippen LogP contribution in [0.5, 0.6) is 0 Å². The van der Waals surface area contributed by atoms with Gasteiger partial charge < -0.3 is 20.2 Å². The van der Waals surface area contributed by atoms with E-state index in [0.717, 1.165) is 5.56 Å². The molecule has 6 nitrogen and oxygen atoms in total. The topological polar surface area (TPSA) is 91.6 Å². The summed E-state index contributed by atoms with van der Waals surface area (Å²) < 4.78 is 5.29. The van der Waals surface area contributed by atoms with E-state index < -0.39 is 6.04 Å². The summed E-state index contributed by atoms with van der Waals surface area (Å²) in [4.78, 5) is 25.0. The number of carbonyl (C=O) groups excluding carboxylic acids is 2. The minimum absolute atomic E-state index is 0.218. The quantitative estimate of drug-likeness (QED) is 0.598. The summed E-state index contributed by atoms with van der Waals surface area (Å²) in [6.45, 7) is -0.218. The summed E-state index contributed by atoms with van der Waals surface area (Å²) in [5.74, 6) is -0.0267. The Morgan fingerprint density at radius 2 is 1.96 bits per heavy atom. The second-order valence-electron chi connectivity index (χ2n) is 6.41. The number of amides is 2. The predicted molar refractivity (Wildman–Crippen MR) is 105 cm³/mol. The van der Waals surface area contributed by atoms with Crippen molar-refractivity contribution in [3.8, 4) is 0 Å². The monoisotopic (exact) mass is 374 g/mol. The smallest absolute Gasteiger partial charge is 0.256 e. The van der Waals surface area contributed by atoms with Crippen molar-refractivity contribution >= 4 is 29.2 Å². The van der Waals surface area contributed by atoms with Gasteiger partial charge in [0.25, 0.3) is 11.8 Å². The first-order valence-corrected chi connectivity index (χ1v) is 8.83. The molecule has 28 heavy (non-hydrogen) atoms. The SMILES string of the molecule is O=C1Nc2ccc(C(=O)N[C@H](CO)c3ccccc3)cc2/C1=C/c1ccco1. The number of rotatable bonds is 5. The van der Waals surface area contributed by atoms with Crippen LogP contribution in [-0.2, 0) is 4.79 Å². The number of hydrogen-bond donors (Lipinski definition) is 3. The van der Waals surface area contributed by atoms with Crippen LogP contribution >= 0.6 is 0 Å². The Bertz CT molecular complexity index is 1040. The molecule has 140 valence electrons. The summed E-state index contributed by atoms with van der Waals surface area (Å²) in [6, 6.07) is 17.2. The van der Waals surface area contributed by atoms with E-state index in [9.17, 15) is 14.7 Å². The molecule has 0 aliphatic carbocycles. The molecule has 1 aliphatic rings. The fraction of sp³-hybridized carbons (Fsp3) is 0.0909. The van der Waals surface area contributed by atoms with Crippen molar-refractivity contribution in [2.24, 2.45) is 0 Å². The third-order valence-electron chi connectivity index (χ3n) is 4.58. The Kier molecular flexibility index (Phi) is 4.78. The molecular weight excluding hydrogens is 356 g/mol. The van der Waals surface area contributed by atoms with Gasteiger partial charge in [-0.05, 0) is 42.0 Å². The predicted octanol–water partition coefficient (Wildman–Crippen LogP) is 3.24. The van der Waals surface area contributed by atoms with Gasteiger partial charge in [0.1, 0.15) is 5.76 Å². The number of aliphatic hydroxyl groups excluding tert-OH is 1. The van der Waals surface area contributed by atoms with Gasteiger partial charge in [0, 0.05) is 16.8 Å². The zero-order valence-electron chi connectivity index (χ0n) is 14.9. The van der Waals surface area contributed by atoms with Crippen LogP contribution in [0.15, 0.2) is 71.3 Å². The number of benzene rings is 2. The number of anilines is 1. The average molecular weight is 374 g/mol. The van der Waals surface area contributed by atoms with Crippen LogP contribution in [0.3, 0.4) is 0 Å². The zero-order chi connectivity index (χ0) is 19.5. The molecule has 1 atom stereocenters. The number of fused-ring (bicyclic) bond motifs is 1. The van der Waals surface area contributed by atoms with Gasteiger partial charge in [0.15, 0.2) is 0 Å². The van der Waals surface area contributed by atoms with Crippen molar-refractivity contribution in [1.82, 2.24) is 5.32 Å². The maximum absolute atomic E-state index is 12.7. The van der Waals surface area contributed by atoms with E-state index in [-0.39, 0.29) is 18.4 Å². The number of hydrogen-bond acceptors (Lipinski definition) is 4.